The van der Waals surface area contributed by atoms with Crippen molar-refractivity contribution in [2.45, 2.75) is 71.3 Å². The third-order valence-corrected chi connectivity index (χ3v) is 8.32. The first-order chi connectivity index (χ1) is 12.7. The maximum Gasteiger partial charge on any atom is 0.303 e. The molecule has 0 heterocycles. The van der Waals surface area contributed by atoms with Gasteiger partial charge in [-0.1, -0.05) is 19.1 Å². The van der Waals surface area contributed by atoms with Gasteiger partial charge in [0, 0.05) is 18.8 Å². The molecule has 4 aliphatic carbocycles. The maximum absolute atomic E-state index is 12.7. The Kier molecular flexibility index (Phi) is 4.25. The normalized spacial score (nSPS) is 43.3. The quantitative estimate of drug-likeness (QED) is 0.684. The number of esters is 1. The van der Waals surface area contributed by atoms with Gasteiger partial charge >= 0.3 is 5.97 Å². The average molecular weight is 370 g/mol. The van der Waals surface area contributed by atoms with Crippen LogP contribution in [0.25, 0.3) is 0 Å². The van der Waals surface area contributed by atoms with Crippen LogP contribution in [-0.4, -0.2) is 23.1 Å². The number of fused-ring (bicyclic) bond motifs is 5. The second-order valence-electron chi connectivity index (χ2n) is 9.42. The molecule has 3 saturated carbocycles. The number of ether oxygens (including phenoxy) is 1. The van der Waals surface area contributed by atoms with Crippen molar-refractivity contribution in [1.82, 2.24) is 0 Å². The van der Waals surface area contributed by atoms with Crippen molar-refractivity contribution >= 4 is 17.5 Å². The molecule has 0 saturated heterocycles. The molecule has 3 fully saturated rings. The summed E-state index contributed by atoms with van der Waals surface area (Å²) in [4.78, 5) is 36.5. The van der Waals surface area contributed by atoms with Gasteiger partial charge in [0.25, 0.3) is 0 Å². The zero-order valence-electron chi connectivity index (χ0n) is 16.7. The van der Waals surface area contributed by atoms with E-state index >= 15 is 0 Å². The van der Waals surface area contributed by atoms with Gasteiger partial charge in [-0.2, -0.15) is 0 Å². The zero-order valence-corrected chi connectivity index (χ0v) is 16.7. The van der Waals surface area contributed by atoms with E-state index in [1.54, 1.807) is 6.92 Å². The highest BCUT2D eigenvalue weighted by Gasteiger charge is 2.66. The van der Waals surface area contributed by atoms with Crippen LogP contribution in [0.1, 0.15) is 65.7 Å². The molecule has 4 nitrogen and oxygen atoms in total. The number of carbonyl (C=O) groups is 3. The monoisotopic (exact) mass is 370 g/mol. The van der Waals surface area contributed by atoms with Gasteiger partial charge in [0.1, 0.15) is 0 Å². The van der Waals surface area contributed by atoms with E-state index in [1.165, 1.54) is 12.5 Å². The first kappa shape index (κ1) is 18.6. The first-order valence-corrected chi connectivity index (χ1v) is 10.3. The van der Waals surface area contributed by atoms with E-state index in [1.807, 2.05) is 6.08 Å². The fraction of sp³-hybridized carbons (Fsp3) is 0.696. The van der Waals surface area contributed by atoms with Crippen LogP contribution in [-0.2, 0) is 19.1 Å². The molecule has 0 N–H and O–H groups in total. The zero-order chi connectivity index (χ0) is 19.6. The van der Waals surface area contributed by atoms with Gasteiger partial charge in [-0.3, -0.25) is 14.4 Å². The van der Waals surface area contributed by atoms with E-state index in [-0.39, 0.29) is 23.0 Å². The standard InChI is InChI=1S/C23H30O4/c1-13-11-20-18(17-6-5-16(26)12-19(13)17)7-9-22(4)21(20)8-10-23(22,14(2)24)27-15(3)25/h12,17-18,20-21H,1,5-11H2,2-4H3/t17?,18?,20?,21?,22-,23-/m0/s1. The molecular formula is C23H30O4. The Morgan fingerprint density at radius 3 is 2.56 bits per heavy atom. The summed E-state index contributed by atoms with van der Waals surface area (Å²) in [5.74, 6) is 1.65. The van der Waals surface area contributed by atoms with Gasteiger partial charge in [0.2, 0.25) is 0 Å². The van der Waals surface area contributed by atoms with Crippen molar-refractivity contribution in [3.8, 4) is 0 Å². The molecular weight excluding hydrogens is 340 g/mol. The number of hydrogen-bond acceptors (Lipinski definition) is 4. The van der Waals surface area contributed by atoms with Gasteiger partial charge in [0.05, 0.1) is 0 Å². The lowest BCUT2D eigenvalue weighted by Gasteiger charge is -2.56. The minimum absolute atomic E-state index is 0.0142. The molecule has 0 aromatic heterocycles. The average Bonchev–Trinajstić information content (AvgIpc) is 2.89. The molecule has 0 aliphatic heterocycles. The summed E-state index contributed by atoms with van der Waals surface area (Å²) in [7, 11) is 0. The highest BCUT2D eigenvalue weighted by molar-refractivity contribution is 5.92. The number of ketones is 2. The fourth-order valence-electron chi connectivity index (χ4n) is 7.19. The number of hydrogen-bond donors (Lipinski definition) is 0. The molecule has 4 rings (SSSR count). The number of rotatable bonds is 2. The summed E-state index contributed by atoms with van der Waals surface area (Å²) in [6.45, 7) is 9.47. The SMILES string of the molecule is C=C1CC2C(CC[C@@]3(C)C2CC[C@]3(OC(C)=O)C(C)=O)C2CCC(=O)C=C12. The van der Waals surface area contributed by atoms with Crippen molar-refractivity contribution in [3.05, 3.63) is 23.8 Å². The van der Waals surface area contributed by atoms with Crippen molar-refractivity contribution in [2.75, 3.05) is 0 Å². The predicted molar refractivity (Wildman–Crippen MR) is 102 cm³/mol. The Morgan fingerprint density at radius 1 is 1.15 bits per heavy atom. The Bertz CT molecular complexity index is 762. The maximum atomic E-state index is 12.7. The lowest BCUT2D eigenvalue weighted by molar-refractivity contribution is -0.185. The predicted octanol–water partition coefficient (Wildman–Crippen LogP) is 4.19. The first-order valence-electron chi connectivity index (χ1n) is 10.3. The van der Waals surface area contributed by atoms with Crippen molar-refractivity contribution < 1.29 is 19.1 Å². The number of Topliss-reactive ketones (excluding diaryl/α,β-unsaturated/α-hetero) is 1. The van der Waals surface area contributed by atoms with E-state index in [2.05, 4.69) is 13.5 Å². The minimum Gasteiger partial charge on any atom is -0.451 e. The summed E-state index contributed by atoms with van der Waals surface area (Å²) in [5, 5.41) is 0. The smallest absolute Gasteiger partial charge is 0.303 e. The summed E-state index contributed by atoms with van der Waals surface area (Å²) < 4.78 is 5.79. The van der Waals surface area contributed by atoms with E-state index in [9.17, 15) is 14.4 Å². The molecule has 0 amide bonds. The molecule has 6 atom stereocenters. The van der Waals surface area contributed by atoms with Crippen LogP contribution in [0.2, 0.25) is 0 Å². The molecule has 0 spiro atoms. The number of carbonyl (C=O) groups excluding carboxylic acids is 3. The van der Waals surface area contributed by atoms with Gasteiger partial charge in [-0.15, -0.1) is 0 Å². The van der Waals surface area contributed by atoms with Crippen LogP contribution < -0.4 is 0 Å². The molecule has 146 valence electrons. The molecule has 0 radical (unpaired) electrons. The topological polar surface area (TPSA) is 60.4 Å². The van der Waals surface area contributed by atoms with E-state index in [4.69, 9.17) is 4.74 Å². The molecule has 0 aromatic carbocycles. The Labute approximate surface area is 161 Å². The third kappa shape index (κ3) is 2.51. The molecule has 4 heteroatoms. The van der Waals surface area contributed by atoms with Crippen molar-refractivity contribution in [2.24, 2.45) is 29.1 Å². The lowest BCUT2D eigenvalue weighted by Crippen LogP contribution is -2.57. The van der Waals surface area contributed by atoms with Crippen LogP contribution in [0.4, 0.5) is 0 Å². The highest BCUT2D eigenvalue weighted by Crippen LogP contribution is 2.66. The largest absolute Gasteiger partial charge is 0.451 e. The van der Waals surface area contributed by atoms with Crippen LogP contribution in [0.15, 0.2) is 23.8 Å². The Morgan fingerprint density at radius 2 is 1.89 bits per heavy atom. The fourth-order valence-corrected chi connectivity index (χ4v) is 7.19. The summed E-state index contributed by atoms with van der Waals surface area (Å²) in [5.41, 5.74) is 1.00. The van der Waals surface area contributed by atoms with Crippen LogP contribution in [0.3, 0.4) is 0 Å². The summed E-state index contributed by atoms with van der Waals surface area (Å²) >= 11 is 0. The van der Waals surface area contributed by atoms with Gasteiger partial charge in [-0.25, -0.2) is 0 Å². The molecule has 27 heavy (non-hydrogen) atoms. The lowest BCUT2D eigenvalue weighted by atomic mass is 9.49. The highest BCUT2D eigenvalue weighted by atomic mass is 16.6. The van der Waals surface area contributed by atoms with Gasteiger partial charge in [-0.05, 0) is 80.8 Å². The second-order valence-corrected chi connectivity index (χ2v) is 9.42. The van der Waals surface area contributed by atoms with Crippen LogP contribution in [0.5, 0.6) is 0 Å². The van der Waals surface area contributed by atoms with Crippen LogP contribution in [0, 0.1) is 29.1 Å². The third-order valence-electron chi connectivity index (χ3n) is 8.32. The van der Waals surface area contributed by atoms with Crippen molar-refractivity contribution in [3.63, 3.8) is 0 Å². The summed E-state index contributed by atoms with van der Waals surface area (Å²) in [6, 6.07) is 0. The van der Waals surface area contributed by atoms with E-state index in [0.29, 0.717) is 36.5 Å². The van der Waals surface area contributed by atoms with Crippen molar-refractivity contribution in [1.29, 1.82) is 0 Å². The second kappa shape index (κ2) is 6.15. The van der Waals surface area contributed by atoms with Gasteiger partial charge < -0.3 is 4.74 Å². The molecule has 0 aromatic rings. The molecule has 4 unspecified atom stereocenters. The number of allylic oxidation sites excluding steroid dienone is 2. The Hall–Kier alpha value is -1.71. The van der Waals surface area contributed by atoms with E-state index in [0.717, 1.165) is 37.7 Å². The van der Waals surface area contributed by atoms with Crippen LogP contribution >= 0.6 is 0 Å². The molecule has 0 bridgehead atoms. The Balaban J connectivity index is 1.70. The minimum atomic E-state index is -0.978. The van der Waals surface area contributed by atoms with E-state index < -0.39 is 5.60 Å². The summed E-state index contributed by atoms with van der Waals surface area (Å²) in [6.07, 6.45) is 7.77. The molecule has 4 aliphatic rings. The van der Waals surface area contributed by atoms with Gasteiger partial charge in [0.15, 0.2) is 17.2 Å².